The molecule has 2 fully saturated rings. The molecule has 2 aliphatic heterocycles. The zero-order valence-corrected chi connectivity index (χ0v) is 16.7. The minimum atomic E-state index is -1.83. The van der Waals surface area contributed by atoms with Gasteiger partial charge in [-0.25, -0.2) is 4.39 Å². The van der Waals surface area contributed by atoms with Gasteiger partial charge >= 0.3 is 0 Å². The monoisotopic (exact) mass is 402 g/mol. The summed E-state index contributed by atoms with van der Waals surface area (Å²) in [6.07, 6.45) is 2.70. The van der Waals surface area contributed by atoms with Crippen LogP contribution in [0.4, 0.5) is 4.39 Å². The Kier molecular flexibility index (Phi) is 5.82. The predicted octanol–water partition coefficient (Wildman–Crippen LogP) is 2.25. The second-order valence-corrected chi connectivity index (χ2v) is 7.68. The minimum Gasteiger partial charge on any atom is -0.497 e. The summed E-state index contributed by atoms with van der Waals surface area (Å²) < 4.78 is 26.1. The van der Waals surface area contributed by atoms with Crippen molar-refractivity contribution in [2.75, 3.05) is 46.5 Å². The third-order valence-electron chi connectivity index (χ3n) is 5.69. The number of aromatic nitrogens is 2. The first-order valence-corrected chi connectivity index (χ1v) is 10.0. The summed E-state index contributed by atoms with van der Waals surface area (Å²) in [6.45, 7) is 3.30. The van der Waals surface area contributed by atoms with E-state index in [-0.39, 0.29) is 13.0 Å². The normalized spacial score (nSPS) is 23.2. The number of carbonyl (C=O) groups is 1. The summed E-state index contributed by atoms with van der Waals surface area (Å²) in [4.78, 5) is 16.4. The molecule has 1 amide bonds. The summed E-state index contributed by atoms with van der Waals surface area (Å²) in [5.41, 5.74) is 1.05. The molecule has 2 saturated heterocycles. The second-order valence-electron chi connectivity index (χ2n) is 7.68. The first kappa shape index (κ1) is 19.8. The number of alkyl halides is 1. The Hall–Kier alpha value is -2.45. The number of aromatic amines is 1. The Labute approximate surface area is 169 Å². The molecule has 0 bridgehead atoms. The van der Waals surface area contributed by atoms with Crippen LogP contribution in [-0.2, 0) is 16.1 Å². The molecule has 29 heavy (non-hydrogen) atoms. The van der Waals surface area contributed by atoms with Crippen LogP contribution >= 0.6 is 0 Å². The van der Waals surface area contributed by atoms with E-state index in [0.29, 0.717) is 39.3 Å². The number of halogens is 1. The van der Waals surface area contributed by atoms with Crippen LogP contribution < -0.4 is 4.74 Å². The van der Waals surface area contributed by atoms with Gasteiger partial charge in [-0.15, -0.1) is 0 Å². The SMILES string of the molecule is COc1ccc(-c2[nH]ncc2CN2CCCC(F)(C(=O)N3CCOCC3)C2)cc1. The first-order valence-electron chi connectivity index (χ1n) is 10.0. The first-order chi connectivity index (χ1) is 14.1. The average molecular weight is 402 g/mol. The Bertz CT molecular complexity index is 835. The van der Waals surface area contributed by atoms with E-state index in [4.69, 9.17) is 9.47 Å². The zero-order valence-electron chi connectivity index (χ0n) is 16.7. The second kappa shape index (κ2) is 8.51. The van der Waals surface area contributed by atoms with Gasteiger partial charge in [0.05, 0.1) is 32.2 Å². The number of amides is 1. The third kappa shape index (κ3) is 4.28. The van der Waals surface area contributed by atoms with E-state index in [0.717, 1.165) is 29.1 Å². The van der Waals surface area contributed by atoms with Gasteiger partial charge in [0.1, 0.15) is 5.75 Å². The molecule has 0 radical (unpaired) electrons. The molecule has 1 atom stereocenters. The van der Waals surface area contributed by atoms with Crippen molar-refractivity contribution in [1.29, 1.82) is 0 Å². The third-order valence-corrected chi connectivity index (χ3v) is 5.69. The maximum absolute atomic E-state index is 15.6. The lowest BCUT2D eigenvalue weighted by Crippen LogP contribution is -2.57. The van der Waals surface area contributed by atoms with E-state index >= 15 is 4.39 Å². The van der Waals surface area contributed by atoms with Gasteiger partial charge in [0.2, 0.25) is 5.67 Å². The lowest BCUT2D eigenvalue weighted by Gasteiger charge is -2.40. The lowest BCUT2D eigenvalue weighted by molar-refractivity contribution is -0.152. The quantitative estimate of drug-likeness (QED) is 0.831. The van der Waals surface area contributed by atoms with Gasteiger partial charge in [-0.1, -0.05) is 0 Å². The summed E-state index contributed by atoms with van der Waals surface area (Å²) in [6, 6.07) is 7.73. The fraction of sp³-hybridized carbons (Fsp3) is 0.524. The molecule has 3 heterocycles. The van der Waals surface area contributed by atoms with Crippen molar-refractivity contribution >= 4 is 5.91 Å². The Morgan fingerprint density at radius 3 is 2.76 bits per heavy atom. The minimum absolute atomic E-state index is 0.108. The molecule has 7 nitrogen and oxygen atoms in total. The van der Waals surface area contributed by atoms with E-state index < -0.39 is 11.6 Å². The molecule has 1 aromatic carbocycles. The topological polar surface area (TPSA) is 70.7 Å². The van der Waals surface area contributed by atoms with E-state index in [1.165, 1.54) is 0 Å². The van der Waals surface area contributed by atoms with Crippen LogP contribution in [0.1, 0.15) is 18.4 Å². The number of piperidine rings is 1. The van der Waals surface area contributed by atoms with E-state index in [2.05, 4.69) is 10.2 Å². The van der Waals surface area contributed by atoms with Gasteiger partial charge in [0.15, 0.2) is 0 Å². The number of likely N-dealkylation sites (tertiary alicyclic amines) is 1. The fourth-order valence-corrected chi connectivity index (χ4v) is 4.13. The Morgan fingerprint density at radius 1 is 1.28 bits per heavy atom. The van der Waals surface area contributed by atoms with Gasteiger partial charge in [0.25, 0.3) is 5.91 Å². The summed E-state index contributed by atoms with van der Waals surface area (Å²) >= 11 is 0. The van der Waals surface area contributed by atoms with Gasteiger partial charge in [-0.3, -0.25) is 14.8 Å². The smallest absolute Gasteiger partial charge is 0.261 e. The number of morpholine rings is 1. The van der Waals surface area contributed by atoms with Crippen molar-refractivity contribution in [2.24, 2.45) is 0 Å². The highest BCUT2D eigenvalue weighted by Crippen LogP contribution is 2.31. The molecule has 4 rings (SSSR count). The molecule has 0 saturated carbocycles. The number of benzene rings is 1. The van der Waals surface area contributed by atoms with E-state index in [1.807, 2.05) is 29.2 Å². The van der Waals surface area contributed by atoms with Gasteiger partial charge in [-0.05, 0) is 43.7 Å². The number of carbonyl (C=O) groups excluding carboxylic acids is 1. The maximum Gasteiger partial charge on any atom is 0.261 e. The number of H-pyrrole nitrogens is 1. The van der Waals surface area contributed by atoms with Gasteiger partial charge < -0.3 is 14.4 Å². The van der Waals surface area contributed by atoms with E-state index in [9.17, 15) is 4.79 Å². The van der Waals surface area contributed by atoms with Crippen LogP contribution in [0.2, 0.25) is 0 Å². The molecule has 0 spiro atoms. The molecule has 0 aliphatic carbocycles. The van der Waals surface area contributed by atoms with Crippen LogP contribution in [0.15, 0.2) is 30.5 Å². The van der Waals surface area contributed by atoms with Crippen molar-refractivity contribution in [3.05, 3.63) is 36.0 Å². The fourth-order valence-electron chi connectivity index (χ4n) is 4.13. The molecule has 1 N–H and O–H groups in total. The van der Waals surface area contributed by atoms with Crippen LogP contribution in [0, 0.1) is 0 Å². The van der Waals surface area contributed by atoms with Crippen molar-refractivity contribution in [3.8, 4) is 17.0 Å². The Balaban J connectivity index is 1.46. The highest BCUT2D eigenvalue weighted by molar-refractivity contribution is 5.85. The number of nitrogens with zero attached hydrogens (tertiary/aromatic N) is 3. The van der Waals surface area contributed by atoms with Gasteiger partial charge in [-0.2, -0.15) is 5.10 Å². The lowest BCUT2D eigenvalue weighted by atomic mass is 9.92. The van der Waals surface area contributed by atoms with Crippen molar-refractivity contribution in [3.63, 3.8) is 0 Å². The van der Waals surface area contributed by atoms with Crippen LogP contribution in [-0.4, -0.2) is 78.1 Å². The summed E-state index contributed by atoms with van der Waals surface area (Å²) in [7, 11) is 1.63. The van der Waals surface area contributed by atoms with Gasteiger partial charge in [0, 0.05) is 37.3 Å². The number of nitrogens with one attached hydrogen (secondary N) is 1. The summed E-state index contributed by atoms with van der Waals surface area (Å²) in [5, 5.41) is 7.23. The molecule has 2 aliphatic rings. The van der Waals surface area contributed by atoms with E-state index in [1.54, 1.807) is 18.2 Å². The molecule has 8 heteroatoms. The van der Waals surface area contributed by atoms with Crippen LogP contribution in [0.5, 0.6) is 5.75 Å². The van der Waals surface area contributed by atoms with Crippen molar-refractivity contribution in [1.82, 2.24) is 20.0 Å². The molecule has 1 aromatic heterocycles. The average Bonchev–Trinajstić information content (AvgIpc) is 3.22. The highest BCUT2D eigenvalue weighted by Gasteiger charge is 2.45. The number of methoxy groups -OCH3 is 1. The predicted molar refractivity (Wildman–Crippen MR) is 106 cm³/mol. The molecular formula is C21H27FN4O3. The number of ether oxygens (including phenoxy) is 2. The molecule has 2 aromatic rings. The standard InChI is InChI=1S/C21H27FN4O3/c1-28-18-5-3-16(4-6-18)19-17(13-23-24-19)14-25-8-2-7-21(22,15-25)20(27)26-9-11-29-12-10-26/h3-6,13H,2,7-12,14-15H2,1H3,(H,23,24). The highest BCUT2D eigenvalue weighted by atomic mass is 19.1. The molecule has 156 valence electrons. The maximum atomic E-state index is 15.6. The summed E-state index contributed by atoms with van der Waals surface area (Å²) in [5.74, 6) is 0.391. The van der Waals surface area contributed by atoms with Crippen LogP contribution in [0.3, 0.4) is 0 Å². The number of hydrogen-bond donors (Lipinski definition) is 1. The Morgan fingerprint density at radius 2 is 2.03 bits per heavy atom. The largest absolute Gasteiger partial charge is 0.497 e. The van der Waals surface area contributed by atoms with Crippen molar-refractivity contribution in [2.45, 2.75) is 25.1 Å². The molecular weight excluding hydrogens is 375 g/mol. The van der Waals surface area contributed by atoms with Crippen LogP contribution in [0.25, 0.3) is 11.3 Å². The van der Waals surface area contributed by atoms with Crippen molar-refractivity contribution < 1.29 is 18.7 Å². The number of hydrogen-bond acceptors (Lipinski definition) is 5. The molecule has 1 unspecified atom stereocenters. The zero-order chi connectivity index (χ0) is 20.3. The number of rotatable bonds is 5.